The molecule has 0 bridgehead atoms. The quantitative estimate of drug-likeness (QED) is 0.606. The molecule has 0 unspecified atom stereocenters. The molecule has 0 spiro atoms. The fourth-order valence-electron chi connectivity index (χ4n) is 3.95. The third-order valence-corrected chi connectivity index (χ3v) is 7.42. The number of nitrogens with zero attached hydrogens (tertiary/aromatic N) is 2. The summed E-state index contributed by atoms with van der Waals surface area (Å²) < 4.78 is 32.6. The summed E-state index contributed by atoms with van der Waals surface area (Å²) in [5, 5.41) is 9.41. The second kappa shape index (κ2) is 9.18. The molecule has 0 aliphatic carbocycles. The Labute approximate surface area is 187 Å². The second-order valence-electron chi connectivity index (χ2n) is 7.94. The first kappa shape index (κ1) is 22.1. The molecule has 0 atom stereocenters. The van der Waals surface area contributed by atoms with Gasteiger partial charge >= 0.3 is 0 Å². The molecule has 3 aromatic rings. The van der Waals surface area contributed by atoms with Crippen LogP contribution in [0.1, 0.15) is 19.8 Å². The zero-order valence-corrected chi connectivity index (χ0v) is 18.7. The number of aromatic hydroxyl groups is 1. The fraction of sp³-hybridized carbons (Fsp3) is 0.292. The summed E-state index contributed by atoms with van der Waals surface area (Å²) in [4.78, 5) is 14.1. The van der Waals surface area contributed by atoms with Gasteiger partial charge < -0.3 is 14.4 Å². The lowest BCUT2D eigenvalue weighted by molar-refractivity contribution is -0.130. The number of para-hydroxylation sites is 1. The highest BCUT2D eigenvalue weighted by molar-refractivity contribution is 7.89. The van der Waals surface area contributed by atoms with Crippen LogP contribution < -0.4 is 0 Å². The molecule has 5 rings (SSSR count). The van der Waals surface area contributed by atoms with E-state index in [-0.39, 0.29) is 10.8 Å². The molecule has 0 saturated carbocycles. The van der Waals surface area contributed by atoms with Gasteiger partial charge in [-0.15, -0.1) is 0 Å². The van der Waals surface area contributed by atoms with E-state index in [2.05, 4.69) is 0 Å². The Balaban J connectivity index is 0.000000300. The van der Waals surface area contributed by atoms with Crippen LogP contribution in [-0.4, -0.2) is 54.8 Å². The molecule has 2 aromatic carbocycles. The van der Waals surface area contributed by atoms with Crippen LogP contribution in [0.25, 0.3) is 11.0 Å². The second-order valence-corrected chi connectivity index (χ2v) is 9.87. The summed E-state index contributed by atoms with van der Waals surface area (Å²) in [6, 6.07) is 15.4. The molecule has 7 nitrogen and oxygen atoms in total. The molecule has 1 N–H and O–H groups in total. The van der Waals surface area contributed by atoms with Crippen molar-refractivity contribution in [1.29, 1.82) is 0 Å². The van der Waals surface area contributed by atoms with Crippen molar-refractivity contribution in [1.82, 2.24) is 9.21 Å². The van der Waals surface area contributed by atoms with Gasteiger partial charge in [-0.05, 0) is 54.0 Å². The minimum atomic E-state index is -3.55. The Kier molecular flexibility index (Phi) is 6.34. The van der Waals surface area contributed by atoms with Crippen LogP contribution in [0.5, 0.6) is 5.75 Å². The van der Waals surface area contributed by atoms with Gasteiger partial charge in [-0.3, -0.25) is 4.79 Å². The lowest BCUT2D eigenvalue weighted by atomic mass is 10.2. The number of rotatable bonds is 4. The topological polar surface area (TPSA) is 91.1 Å². The minimum Gasteiger partial charge on any atom is -0.508 e. The number of fused-ring (bicyclic) bond motifs is 1. The van der Waals surface area contributed by atoms with Crippen LogP contribution in [0.15, 0.2) is 81.3 Å². The maximum absolute atomic E-state index is 12.9. The van der Waals surface area contributed by atoms with Crippen molar-refractivity contribution in [2.45, 2.75) is 24.7 Å². The Bertz CT molecular complexity index is 1230. The largest absolute Gasteiger partial charge is 0.508 e. The molecule has 1 amide bonds. The maximum Gasteiger partial charge on any atom is 0.243 e. The summed E-state index contributed by atoms with van der Waals surface area (Å²) in [5.41, 5.74) is 2.81. The summed E-state index contributed by atoms with van der Waals surface area (Å²) in [7, 11) is -3.55. The first-order chi connectivity index (χ1) is 15.4. The summed E-state index contributed by atoms with van der Waals surface area (Å²) in [6.07, 6.45) is 2.93. The van der Waals surface area contributed by atoms with Crippen molar-refractivity contribution in [3.63, 3.8) is 0 Å². The van der Waals surface area contributed by atoms with E-state index in [4.69, 9.17) is 9.52 Å². The zero-order chi connectivity index (χ0) is 22.7. The van der Waals surface area contributed by atoms with Crippen LogP contribution in [-0.2, 0) is 14.8 Å². The molecule has 1 aromatic heterocycles. The van der Waals surface area contributed by atoms with Gasteiger partial charge in [-0.25, -0.2) is 8.42 Å². The van der Waals surface area contributed by atoms with E-state index in [0.29, 0.717) is 43.9 Å². The first-order valence-corrected chi connectivity index (χ1v) is 12.0. The number of benzene rings is 2. The van der Waals surface area contributed by atoms with Gasteiger partial charge in [0.1, 0.15) is 11.3 Å². The summed E-state index contributed by atoms with van der Waals surface area (Å²) in [6.45, 7) is 3.84. The van der Waals surface area contributed by atoms with E-state index in [1.54, 1.807) is 54.8 Å². The minimum absolute atomic E-state index is 0.150. The Morgan fingerprint density at radius 3 is 2.28 bits per heavy atom. The highest BCUT2D eigenvalue weighted by atomic mass is 32.2. The molecule has 168 valence electrons. The number of hydrogen-bond acceptors (Lipinski definition) is 5. The molecule has 2 aliphatic heterocycles. The van der Waals surface area contributed by atoms with Gasteiger partial charge in [0.15, 0.2) is 0 Å². The fourth-order valence-corrected chi connectivity index (χ4v) is 5.41. The monoisotopic (exact) mass is 454 g/mol. The zero-order valence-electron chi connectivity index (χ0n) is 17.9. The number of hydrogen-bond donors (Lipinski definition) is 1. The number of amides is 1. The van der Waals surface area contributed by atoms with Crippen LogP contribution in [0.3, 0.4) is 0 Å². The predicted molar refractivity (Wildman–Crippen MR) is 122 cm³/mol. The van der Waals surface area contributed by atoms with Crippen molar-refractivity contribution >= 4 is 26.9 Å². The van der Waals surface area contributed by atoms with Gasteiger partial charge in [0.05, 0.1) is 11.2 Å². The number of sulfonamides is 1. The van der Waals surface area contributed by atoms with Gasteiger partial charge in [0.25, 0.3) is 0 Å². The smallest absolute Gasteiger partial charge is 0.243 e. The molecule has 3 heterocycles. The SMILES string of the molecule is CCCC(=O)N1CC2=C(C1)CN(S(=O)(=O)c1ccc3occc3c1)C2.Oc1ccccc1. The summed E-state index contributed by atoms with van der Waals surface area (Å²) in [5.74, 6) is 0.471. The van der Waals surface area contributed by atoms with Crippen molar-refractivity contribution in [2.24, 2.45) is 0 Å². The number of carbonyl (C=O) groups is 1. The normalized spacial score (nSPS) is 16.2. The van der Waals surface area contributed by atoms with Crippen LogP contribution in [0, 0.1) is 0 Å². The van der Waals surface area contributed by atoms with Crippen LogP contribution in [0.2, 0.25) is 0 Å². The molecular weight excluding hydrogens is 428 g/mol. The van der Waals surface area contributed by atoms with E-state index in [1.807, 2.05) is 17.9 Å². The Hall–Kier alpha value is -3.10. The van der Waals surface area contributed by atoms with E-state index >= 15 is 0 Å². The van der Waals surface area contributed by atoms with E-state index in [0.717, 1.165) is 23.0 Å². The molecule has 0 fully saturated rings. The third kappa shape index (κ3) is 4.56. The molecule has 2 aliphatic rings. The molecule has 0 radical (unpaired) electrons. The first-order valence-electron chi connectivity index (χ1n) is 10.6. The summed E-state index contributed by atoms with van der Waals surface area (Å²) >= 11 is 0. The average molecular weight is 455 g/mol. The molecular formula is C24H26N2O5S. The van der Waals surface area contributed by atoms with Crippen molar-refractivity contribution in [3.05, 3.63) is 72.0 Å². The lowest BCUT2D eigenvalue weighted by Crippen LogP contribution is -2.36. The van der Waals surface area contributed by atoms with Crippen LogP contribution >= 0.6 is 0 Å². The number of furan rings is 1. The number of carbonyl (C=O) groups excluding carboxylic acids is 1. The van der Waals surface area contributed by atoms with Crippen molar-refractivity contribution < 1.29 is 22.7 Å². The molecule has 0 saturated heterocycles. The number of phenols is 1. The Morgan fingerprint density at radius 1 is 1.00 bits per heavy atom. The van der Waals surface area contributed by atoms with Gasteiger partial charge in [-0.2, -0.15) is 4.31 Å². The van der Waals surface area contributed by atoms with Crippen LogP contribution in [0.4, 0.5) is 0 Å². The molecule has 32 heavy (non-hydrogen) atoms. The lowest BCUT2D eigenvalue weighted by Gasteiger charge is -2.22. The standard InChI is InChI=1S/C18H20N2O4S.C6H6O/c1-2-3-18(21)19-9-14-11-20(12-15(14)10-19)25(22,23)16-4-5-17-13(8-16)6-7-24-17;7-6-4-2-1-3-5-6/h4-8H,2-3,9-12H2,1H3;1-5,7H. The van der Waals surface area contributed by atoms with Gasteiger partial charge in [0.2, 0.25) is 15.9 Å². The van der Waals surface area contributed by atoms with E-state index in [1.165, 1.54) is 4.31 Å². The molecule has 8 heteroatoms. The van der Waals surface area contributed by atoms with Crippen molar-refractivity contribution in [2.75, 3.05) is 26.2 Å². The average Bonchev–Trinajstić information content (AvgIpc) is 3.49. The third-order valence-electron chi connectivity index (χ3n) is 5.63. The maximum atomic E-state index is 12.9. The predicted octanol–water partition coefficient (Wildman–Crippen LogP) is 3.77. The van der Waals surface area contributed by atoms with E-state index in [9.17, 15) is 13.2 Å². The van der Waals surface area contributed by atoms with E-state index < -0.39 is 10.0 Å². The van der Waals surface area contributed by atoms with Crippen molar-refractivity contribution in [3.8, 4) is 5.75 Å². The van der Waals surface area contributed by atoms with Gasteiger partial charge in [0, 0.05) is 38.0 Å². The highest BCUT2D eigenvalue weighted by Gasteiger charge is 2.37. The number of phenolic OH excluding ortho intramolecular Hbond substituents is 1. The Morgan fingerprint density at radius 2 is 1.69 bits per heavy atom. The van der Waals surface area contributed by atoms with Gasteiger partial charge in [-0.1, -0.05) is 25.1 Å². The highest BCUT2D eigenvalue weighted by Crippen LogP contribution is 2.31.